The monoisotopic (exact) mass is 228 g/mol. The number of oxazole rings is 1. The van der Waals surface area contributed by atoms with Crippen LogP contribution in [0.1, 0.15) is 11.5 Å². The summed E-state index contributed by atoms with van der Waals surface area (Å²) in [6, 6.07) is 11.2. The van der Waals surface area contributed by atoms with Crippen LogP contribution >= 0.6 is 0 Å². The number of fused-ring (bicyclic) bond motifs is 1. The fraction of sp³-hybridized carbons (Fsp3) is 0.0769. The molecule has 0 aliphatic carbocycles. The van der Waals surface area contributed by atoms with E-state index in [9.17, 15) is 4.39 Å². The average molecular weight is 228 g/mol. The molecule has 2 heterocycles. The van der Waals surface area contributed by atoms with E-state index >= 15 is 0 Å². The predicted octanol–water partition coefficient (Wildman–Crippen LogP) is 2.95. The topological polar surface area (TPSA) is 38.9 Å². The molecule has 0 saturated heterocycles. The van der Waals surface area contributed by atoms with Crippen molar-refractivity contribution in [3.8, 4) is 0 Å². The zero-order valence-electron chi connectivity index (χ0n) is 8.93. The molecule has 4 heteroatoms. The minimum atomic E-state index is -0.405. The highest BCUT2D eigenvalue weighted by Gasteiger charge is 2.08. The Morgan fingerprint density at radius 1 is 1.18 bits per heavy atom. The first-order valence-electron chi connectivity index (χ1n) is 5.26. The van der Waals surface area contributed by atoms with Gasteiger partial charge in [-0.15, -0.1) is 0 Å². The first-order valence-corrected chi connectivity index (χ1v) is 5.26. The van der Waals surface area contributed by atoms with Crippen molar-refractivity contribution < 1.29 is 8.81 Å². The Morgan fingerprint density at radius 2 is 2.00 bits per heavy atom. The third-order valence-corrected chi connectivity index (χ3v) is 2.46. The van der Waals surface area contributed by atoms with Crippen LogP contribution in [0.15, 0.2) is 47.0 Å². The smallest absolute Gasteiger partial charge is 0.247 e. The minimum absolute atomic E-state index is 0.373. The molecular formula is C13H9FN2O. The molecule has 1 aromatic carbocycles. The Labute approximate surface area is 96.9 Å². The van der Waals surface area contributed by atoms with E-state index in [0.717, 1.165) is 11.8 Å². The van der Waals surface area contributed by atoms with Crippen LogP contribution in [0.5, 0.6) is 0 Å². The summed E-state index contributed by atoms with van der Waals surface area (Å²) in [4.78, 5) is 8.04. The molecule has 0 unspecified atom stereocenters. The van der Waals surface area contributed by atoms with Crippen LogP contribution in [0.25, 0.3) is 11.2 Å². The molecule has 0 radical (unpaired) electrons. The number of rotatable bonds is 2. The van der Waals surface area contributed by atoms with E-state index in [2.05, 4.69) is 9.97 Å². The zero-order valence-corrected chi connectivity index (χ0v) is 8.93. The van der Waals surface area contributed by atoms with E-state index in [1.165, 1.54) is 6.07 Å². The second kappa shape index (κ2) is 3.97. The Kier molecular flexibility index (Phi) is 2.33. The summed E-state index contributed by atoms with van der Waals surface area (Å²) in [5, 5.41) is 0. The van der Waals surface area contributed by atoms with E-state index < -0.39 is 5.82 Å². The van der Waals surface area contributed by atoms with Gasteiger partial charge in [0.05, 0.1) is 6.20 Å². The van der Waals surface area contributed by atoms with E-state index in [0.29, 0.717) is 23.5 Å². The van der Waals surface area contributed by atoms with Gasteiger partial charge in [-0.05, 0) is 5.56 Å². The van der Waals surface area contributed by atoms with Crippen LogP contribution in [0.4, 0.5) is 4.39 Å². The fourth-order valence-corrected chi connectivity index (χ4v) is 1.69. The lowest BCUT2D eigenvalue weighted by Gasteiger charge is -1.94. The first kappa shape index (κ1) is 9.96. The molecule has 84 valence electrons. The van der Waals surface area contributed by atoms with Crippen molar-refractivity contribution in [3.05, 3.63) is 59.9 Å². The van der Waals surface area contributed by atoms with E-state index in [-0.39, 0.29) is 0 Å². The van der Waals surface area contributed by atoms with Gasteiger partial charge in [-0.25, -0.2) is 14.4 Å². The quantitative estimate of drug-likeness (QED) is 0.676. The summed E-state index contributed by atoms with van der Waals surface area (Å²) in [6.45, 7) is 0. The molecule has 0 spiro atoms. The highest BCUT2D eigenvalue weighted by atomic mass is 19.1. The Balaban J connectivity index is 1.96. The van der Waals surface area contributed by atoms with Crippen LogP contribution in [-0.2, 0) is 6.42 Å². The number of hydrogen-bond donors (Lipinski definition) is 0. The van der Waals surface area contributed by atoms with Crippen LogP contribution in [0.2, 0.25) is 0 Å². The van der Waals surface area contributed by atoms with Gasteiger partial charge >= 0.3 is 0 Å². The zero-order chi connectivity index (χ0) is 11.7. The van der Waals surface area contributed by atoms with E-state index in [4.69, 9.17) is 4.42 Å². The van der Waals surface area contributed by atoms with Crippen molar-refractivity contribution in [2.24, 2.45) is 0 Å². The maximum Gasteiger partial charge on any atom is 0.247 e. The van der Waals surface area contributed by atoms with Gasteiger partial charge in [0.15, 0.2) is 0 Å². The number of halogens is 1. The summed E-state index contributed by atoms with van der Waals surface area (Å²) < 4.78 is 18.4. The van der Waals surface area contributed by atoms with Gasteiger partial charge in [-0.3, -0.25) is 0 Å². The lowest BCUT2D eigenvalue weighted by atomic mass is 10.1. The van der Waals surface area contributed by atoms with Crippen molar-refractivity contribution in [2.75, 3.05) is 0 Å². The molecule has 0 N–H and O–H groups in total. The Hall–Kier alpha value is -2.23. The predicted molar refractivity (Wildman–Crippen MR) is 61.0 cm³/mol. The van der Waals surface area contributed by atoms with E-state index in [1.807, 2.05) is 30.3 Å². The van der Waals surface area contributed by atoms with Gasteiger partial charge in [0, 0.05) is 12.5 Å². The van der Waals surface area contributed by atoms with Gasteiger partial charge in [-0.1, -0.05) is 30.3 Å². The molecule has 2 aromatic heterocycles. The maximum absolute atomic E-state index is 12.9. The van der Waals surface area contributed by atoms with Crippen LogP contribution in [-0.4, -0.2) is 9.97 Å². The third-order valence-electron chi connectivity index (χ3n) is 2.46. The molecule has 0 bridgehead atoms. The highest BCUT2D eigenvalue weighted by molar-refractivity contribution is 5.67. The summed E-state index contributed by atoms with van der Waals surface area (Å²) in [6.07, 6.45) is 1.71. The number of pyridine rings is 1. The molecule has 3 aromatic rings. The number of hydrogen-bond acceptors (Lipinski definition) is 3. The third kappa shape index (κ3) is 2.01. The second-order valence-corrected chi connectivity index (χ2v) is 3.75. The summed E-state index contributed by atoms with van der Waals surface area (Å²) >= 11 is 0. The minimum Gasteiger partial charge on any atom is -0.422 e. The van der Waals surface area contributed by atoms with Gasteiger partial charge in [-0.2, -0.15) is 0 Å². The van der Waals surface area contributed by atoms with Crippen molar-refractivity contribution in [2.45, 2.75) is 6.42 Å². The molecule has 0 saturated carbocycles. The van der Waals surface area contributed by atoms with Crippen LogP contribution in [0.3, 0.4) is 0 Å². The average Bonchev–Trinajstić information content (AvgIpc) is 2.71. The van der Waals surface area contributed by atoms with Gasteiger partial charge in [0.25, 0.3) is 0 Å². The molecule has 17 heavy (non-hydrogen) atoms. The number of nitrogens with zero attached hydrogens (tertiary/aromatic N) is 2. The number of benzene rings is 1. The SMILES string of the molecule is Fc1cnc2oc(Cc3ccccc3)nc2c1. The van der Waals surface area contributed by atoms with Gasteiger partial charge < -0.3 is 4.42 Å². The fourth-order valence-electron chi connectivity index (χ4n) is 1.69. The molecule has 0 aliphatic heterocycles. The van der Waals surface area contributed by atoms with Crippen molar-refractivity contribution in [3.63, 3.8) is 0 Å². The van der Waals surface area contributed by atoms with Gasteiger partial charge in [0.2, 0.25) is 11.6 Å². The molecule has 0 amide bonds. The molecule has 3 nitrogen and oxygen atoms in total. The molecular weight excluding hydrogens is 219 g/mol. The second-order valence-electron chi connectivity index (χ2n) is 3.75. The Bertz CT molecular complexity index is 649. The van der Waals surface area contributed by atoms with Crippen molar-refractivity contribution in [1.82, 2.24) is 9.97 Å². The molecule has 0 aliphatic rings. The lowest BCUT2D eigenvalue weighted by molar-refractivity contribution is 0.533. The largest absolute Gasteiger partial charge is 0.422 e. The van der Waals surface area contributed by atoms with Crippen LogP contribution in [0, 0.1) is 5.82 Å². The lowest BCUT2D eigenvalue weighted by Crippen LogP contribution is -1.86. The van der Waals surface area contributed by atoms with Crippen molar-refractivity contribution >= 4 is 11.2 Å². The summed E-state index contributed by atoms with van der Waals surface area (Å²) in [7, 11) is 0. The van der Waals surface area contributed by atoms with Crippen molar-refractivity contribution in [1.29, 1.82) is 0 Å². The van der Waals surface area contributed by atoms with Gasteiger partial charge in [0.1, 0.15) is 11.3 Å². The Morgan fingerprint density at radius 3 is 2.82 bits per heavy atom. The maximum atomic E-state index is 12.9. The molecule has 3 rings (SSSR count). The first-order chi connectivity index (χ1) is 8.31. The highest BCUT2D eigenvalue weighted by Crippen LogP contribution is 2.16. The molecule has 0 fully saturated rings. The standard InChI is InChI=1S/C13H9FN2O/c14-10-7-11-13(15-8-10)17-12(16-11)6-9-4-2-1-3-5-9/h1-5,7-8H,6H2. The van der Waals surface area contributed by atoms with E-state index in [1.54, 1.807) is 0 Å². The summed E-state index contributed by atoms with van der Waals surface area (Å²) in [5.41, 5.74) is 1.92. The molecule has 0 atom stereocenters. The number of aromatic nitrogens is 2. The normalized spacial score (nSPS) is 10.9. The van der Waals surface area contributed by atoms with Crippen LogP contribution < -0.4 is 0 Å². The summed E-state index contributed by atoms with van der Waals surface area (Å²) in [5.74, 6) is 0.140.